The Labute approximate surface area is 148 Å². The number of ether oxygens (including phenoxy) is 1. The van der Waals surface area contributed by atoms with Crippen LogP contribution in [-0.2, 0) is 0 Å². The van der Waals surface area contributed by atoms with E-state index in [1.165, 1.54) is 10.5 Å². The molecule has 0 radical (unpaired) electrons. The second kappa shape index (κ2) is 8.06. The van der Waals surface area contributed by atoms with Crippen LogP contribution in [0.15, 0.2) is 42.5 Å². The minimum absolute atomic E-state index is 0.0640. The zero-order valence-corrected chi connectivity index (χ0v) is 15.2. The number of benzene rings is 2. The molecule has 0 aliphatic rings. The van der Waals surface area contributed by atoms with Crippen molar-refractivity contribution in [3.63, 3.8) is 0 Å². The molecule has 2 aromatic rings. The van der Waals surface area contributed by atoms with Gasteiger partial charge in [-0.05, 0) is 42.7 Å². The van der Waals surface area contributed by atoms with Crippen LogP contribution >= 0.6 is 11.6 Å². The van der Waals surface area contributed by atoms with Crippen LogP contribution in [0.1, 0.15) is 30.6 Å². The van der Waals surface area contributed by atoms with Gasteiger partial charge in [0.05, 0.1) is 5.02 Å². The lowest BCUT2D eigenvalue weighted by Crippen LogP contribution is -2.27. The molecule has 4 nitrogen and oxygen atoms in total. The Kier molecular flexibility index (Phi) is 6.10. The third-order valence-corrected chi connectivity index (χ3v) is 4.06. The molecule has 0 spiro atoms. The lowest BCUT2D eigenvalue weighted by Gasteiger charge is -2.21. The Morgan fingerprint density at radius 1 is 1.25 bits per heavy atom. The first-order valence-corrected chi connectivity index (χ1v) is 8.30. The summed E-state index contributed by atoms with van der Waals surface area (Å²) in [5, 5.41) is 3.24. The van der Waals surface area contributed by atoms with Crippen LogP contribution in [0.4, 0.5) is 10.5 Å². The molecule has 2 rings (SSSR count). The van der Waals surface area contributed by atoms with E-state index in [0.717, 1.165) is 12.0 Å². The monoisotopic (exact) mass is 346 g/mol. The van der Waals surface area contributed by atoms with Gasteiger partial charge in [0.2, 0.25) is 0 Å². The van der Waals surface area contributed by atoms with E-state index in [1.54, 1.807) is 32.3 Å². The Morgan fingerprint density at radius 3 is 2.54 bits per heavy atom. The highest BCUT2D eigenvalue weighted by Crippen LogP contribution is 2.33. The van der Waals surface area contributed by atoms with Gasteiger partial charge < -0.3 is 15.0 Å². The smallest absolute Gasteiger partial charge is 0.321 e. The first kappa shape index (κ1) is 18.1. The van der Waals surface area contributed by atoms with Gasteiger partial charge >= 0.3 is 6.03 Å². The van der Waals surface area contributed by atoms with Crippen LogP contribution in [0.3, 0.4) is 0 Å². The number of aryl methyl sites for hydroxylation is 1. The standard InChI is InChI=1S/C19H23ClN2O2/c1-5-17(15-9-7-6-8-13(15)2)24-18-11-10-14(12-16(18)20)21-19(23)22(3)4/h6-12,17H,5H2,1-4H3,(H,21,23). The maximum Gasteiger partial charge on any atom is 0.321 e. The minimum Gasteiger partial charge on any atom is -0.484 e. The van der Waals surface area contributed by atoms with Gasteiger partial charge in [-0.1, -0.05) is 42.8 Å². The number of halogens is 1. The van der Waals surface area contributed by atoms with E-state index in [9.17, 15) is 4.79 Å². The van der Waals surface area contributed by atoms with Gasteiger partial charge in [0.1, 0.15) is 11.9 Å². The third kappa shape index (κ3) is 4.42. The lowest BCUT2D eigenvalue weighted by atomic mass is 10.0. The quantitative estimate of drug-likeness (QED) is 0.801. The molecule has 24 heavy (non-hydrogen) atoms. The van der Waals surface area contributed by atoms with Crippen molar-refractivity contribution in [2.75, 3.05) is 19.4 Å². The molecule has 0 aliphatic heterocycles. The third-order valence-electron chi connectivity index (χ3n) is 3.76. The number of amides is 2. The topological polar surface area (TPSA) is 41.6 Å². The zero-order valence-electron chi connectivity index (χ0n) is 14.5. The lowest BCUT2D eigenvalue weighted by molar-refractivity contribution is 0.201. The fourth-order valence-electron chi connectivity index (χ4n) is 2.38. The summed E-state index contributed by atoms with van der Waals surface area (Å²) in [6.45, 7) is 4.15. The van der Waals surface area contributed by atoms with Crippen molar-refractivity contribution in [3.05, 3.63) is 58.6 Å². The van der Waals surface area contributed by atoms with Crippen LogP contribution in [0.25, 0.3) is 0 Å². The highest BCUT2D eigenvalue weighted by atomic mass is 35.5. The predicted octanol–water partition coefficient (Wildman–Crippen LogP) is 5.27. The van der Waals surface area contributed by atoms with Crippen LogP contribution in [0.5, 0.6) is 5.75 Å². The molecule has 0 saturated carbocycles. The van der Waals surface area contributed by atoms with E-state index >= 15 is 0 Å². The van der Waals surface area contributed by atoms with E-state index in [1.807, 2.05) is 12.1 Å². The van der Waals surface area contributed by atoms with Crippen molar-refractivity contribution in [3.8, 4) is 5.75 Å². The summed E-state index contributed by atoms with van der Waals surface area (Å²) in [5.74, 6) is 0.606. The van der Waals surface area contributed by atoms with Gasteiger partial charge in [-0.3, -0.25) is 0 Å². The van der Waals surface area contributed by atoms with Gasteiger partial charge in [0.15, 0.2) is 0 Å². The largest absolute Gasteiger partial charge is 0.484 e. The summed E-state index contributed by atoms with van der Waals surface area (Å²) in [5.41, 5.74) is 2.98. The van der Waals surface area contributed by atoms with E-state index < -0.39 is 0 Å². The first-order chi connectivity index (χ1) is 11.4. The number of carbonyl (C=O) groups excluding carboxylic acids is 1. The zero-order chi connectivity index (χ0) is 17.7. The SMILES string of the molecule is CCC(Oc1ccc(NC(=O)N(C)C)cc1Cl)c1ccccc1C. The highest BCUT2D eigenvalue weighted by Gasteiger charge is 2.15. The molecule has 0 bridgehead atoms. The number of hydrogen-bond donors (Lipinski definition) is 1. The maximum atomic E-state index is 11.7. The Morgan fingerprint density at radius 2 is 1.96 bits per heavy atom. The number of nitrogens with zero attached hydrogens (tertiary/aromatic N) is 1. The summed E-state index contributed by atoms with van der Waals surface area (Å²) < 4.78 is 6.11. The van der Waals surface area contributed by atoms with Crippen molar-refractivity contribution < 1.29 is 9.53 Å². The number of nitrogens with one attached hydrogen (secondary N) is 1. The summed E-state index contributed by atoms with van der Waals surface area (Å²) in [6, 6.07) is 13.2. The molecule has 1 N–H and O–H groups in total. The summed E-state index contributed by atoms with van der Waals surface area (Å²) in [6.07, 6.45) is 0.770. The average Bonchev–Trinajstić information content (AvgIpc) is 2.55. The van der Waals surface area contributed by atoms with Crippen molar-refractivity contribution >= 4 is 23.3 Å². The number of anilines is 1. The van der Waals surface area contributed by atoms with Crippen molar-refractivity contribution in [2.45, 2.75) is 26.4 Å². The second-order valence-electron chi connectivity index (χ2n) is 5.84. The summed E-state index contributed by atoms with van der Waals surface area (Å²) >= 11 is 6.33. The van der Waals surface area contributed by atoms with E-state index in [4.69, 9.17) is 16.3 Å². The molecule has 2 amide bonds. The average molecular weight is 347 g/mol. The molecule has 0 aromatic heterocycles. The molecule has 1 atom stereocenters. The molecule has 5 heteroatoms. The van der Waals surface area contributed by atoms with E-state index in [-0.39, 0.29) is 12.1 Å². The second-order valence-corrected chi connectivity index (χ2v) is 6.25. The van der Waals surface area contributed by atoms with E-state index in [2.05, 4.69) is 31.3 Å². The molecular formula is C19H23ClN2O2. The van der Waals surface area contributed by atoms with Crippen molar-refractivity contribution in [2.24, 2.45) is 0 Å². The number of urea groups is 1. The van der Waals surface area contributed by atoms with Gasteiger partial charge in [-0.15, -0.1) is 0 Å². The van der Waals surface area contributed by atoms with E-state index in [0.29, 0.717) is 16.5 Å². The molecule has 0 heterocycles. The fraction of sp³-hybridized carbons (Fsp3) is 0.316. The molecule has 0 fully saturated rings. The first-order valence-electron chi connectivity index (χ1n) is 7.92. The molecule has 0 aliphatic carbocycles. The Balaban J connectivity index is 2.17. The highest BCUT2D eigenvalue weighted by molar-refractivity contribution is 6.32. The fourth-order valence-corrected chi connectivity index (χ4v) is 2.60. The molecule has 128 valence electrons. The van der Waals surface area contributed by atoms with Crippen LogP contribution in [0, 0.1) is 6.92 Å². The summed E-state index contributed by atoms with van der Waals surface area (Å²) in [7, 11) is 3.37. The van der Waals surface area contributed by atoms with Gasteiger partial charge in [-0.25, -0.2) is 4.79 Å². The van der Waals surface area contributed by atoms with Crippen molar-refractivity contribution in [1.82, 2.24) is 4.90 Å². The van der Waals surface area contributed by atoms with Crippen LogP contribution < -0.4 is 10.1 Å². The molecular weight excluding hydrogens is 324 g/mol. The number of rotatable bonds is 5. The van der Waals surface area contributed by atoms with Gasteiger partial charge in [-0.2, -0.15) is 0 Å². The molecule has 2 aromatic carbocycles. The van der Waals surface area contributed by atoms with Gasteiger partial charge in [0.25, 0.3) is 0 Å². The van der Waals surface area contributed by atoms with Crippen LogP contribution in [-0.4, -0.2) is 25.0 Å². The number of carbonyl (C=O) groups is 1. The van der Waals surface area contributed by atoms with Crippen LogP contribution in [0.2, 0.25) is 5.02 Å². The normalized spacial score (nSPS) is 11.7. The van der Waals surface area contributed by atoms with Gasteiger partial charge in [0, 0.05) is 19.8 Å². The minimum atomic E-state index is -0.203. The Bertz CT molecular complexity index is 716. The predicted molar refractivity (Wildman–Crippen MR) is 99.0 cm³/mol. The maximum absolute atomic E-state index is 11.7. The number of hydrogen-bond acceptors (Lipinski definition) is 2. The molecule has 0 saturated heterocycles. The Hall–Kier alpha value is -2.20. The molecule has 1 unspecified atom stereocenters. The summed E-state index contributed by atoms with van der Waals surface area (Å²) in [4.78, 5) is 13.2. The van der Waals surface area contributed by atoms with Crippen molar-refractivity contribution in [1.29, 1.82) is 0 Å².